The van der Waals surface area contributed by atoms with Gasteiger partial charge in [0.15, 0.2) is 0 Å². The molecule has 11 heavy (non-hydrogen) atoms. The van der Waals surface area contributed by atoms with Gasteiger partial charge in [-0.15, -0.1) is 0 Å². The Kier molecular flexibility index (Phi) is 5.09. The first-order valence-electron chi connectivity index (χ1n) is 3.74. The van der Waals surface area contributed by atoms with Gasteiger partial charge in [0.25, 0.3) is 0 Å². The number of rotatable bonds is 4. The maximum absolute atomic E-state index is 4.11. The summed E-state index contributed by atoms with van der Waals surface area (Å²) < 4.78 is 0. The van der Waals surface area contributed by atoms with Gasteiger partial charge in [0.1, 0.15) is 0 Å². The third-order valence-electron chi connectivity index (χ3n) is 1.34. The Morgan fingerprint density at radius 2 is 2.18 bits per heavy atom. The number of nitrogens with zero attached hydrogens (tertiary/aromatic N) is 1. The molecule has 0 aromatic heterocycles. The summed E-state index contributed by atoms with van der Waals surface area (Å²) in [7, 11) is 0. The summed E-state index contributed by atoms with van der Waals surface area (Å²) in [5, 5.41) is 0. The minimum absolute atomic E-state index is 0.807. The fourth-order valence-electron chi connectivity index (χ4n) is 0.650. The molecular formula is C10H15N. The Bertz CT molecular complexity index is 197. The van der Waals surface area contributed by atoms with E-state index in [1.807, 2.05) is 26.1 Å². The van der Waals surface area contributed by atoms with Gasteiger partial charge >= 0.3 is 0 Å². The van der Waals surface area contributed by atoms with E-state index in [2.05, 4.69) is 18.2 Å². The van der Waals surface area contributed by atoms with E-state index >= 15 is 0 Å². The van der Waals surface area contributed by atoms with Crippen molar-refractivity contribution in [3.8, 4) is 0 Å². The minimum Gasteiger partial charge on any atom is -0.293 e. The van der Waals surface area contributed by atoms with Gasteiger partial charge in [-0.3, -0.25) is 4.99 Å². The average Bonchev–Trinajstić information content (AvgIpc) is 2.05. The van der Waals surface area contributed by atoms with Crippen LogP contribution in [0.3, 0.4) is 0 Å². The molecule has 0 aliphatic heterocycles. The lowest BCUT2D eigenvalue weighted by atomic mass is 10.1. The van der Waals surface area contributed by atoms with Crippen LogP contribution in [0.15, 0.2) is 41.4 Å². The summed E-state index contributed by atoms with van der Waals surface area (Å²) in [4.78, 5) is 4.11. The fourth-order valence-corrected chi connectivity index (χ4v) is 0.650. The maximum Gasteiger partial charge on any atom is 0.0361 e. The largest absolute Gasteiger partial charge is 0.293 e. The van der Waals surface area contributed by atoms with Crippen LogP contribution in [0.2, 0.25) is 0 Å². The van der Waals surface area contributed by atoms with Crippen molar-refractivity contribution < 1.29 is 0 Å². The Balaban J connectivity index is 4.31. The van der Waals surface area contributed by atoms with E-state index in [0.29, 0.717) is 0 Å². The van der Waals surface area contributed by atoms with E-state index < -0.39 is 0 Å². The zero-order chi connectivity index (χ0) is 8.69. The molecule has 0 unspecified atom stereocenters. The number of aliphatic imine (C=N–C) groups is 1. The highest BCUT2D eigenvalue weighted by Crippen LogP contribution is 2.04. The summed E-state index contributed by atoms with van der Waals surface area (Å²) in [6, 6.07) is 0. The molecule has 0 saturated carbocycles. The van der Waals surface area contributed by atoms with Crippen LogP contribution in [0.5, 0.6) is 0 Å². The van der Waals surface area contributed by atoms with Crippen LogP contribution in [-0.4, -0.2) is 12.8 Å². The van der Waals surface area contributed by atoms with Crippen molar-refractivity contribution in [2.24, 2.45) is 4.99 Å². The highest BCUT2D eigenvalue weighted by atomic mass is 14.7. The van der Waals surface area contributed by atoms with E-state index in [4.69, 9.17) is 0 Å². The fraction of sp³-hybridized carbons (Fsp3) is 0.300. The highest BCUT2D eigenvalue weighted by molar-refractivity contribution is 5.85. The molecule has 0 heterocycles. The zero-order valence-corrected chi connectivity index (χ0v) is 7.30. The van der Waals surface area contributed by atoms with E-state index in [1.54, 1.807) is 6.08 Å². The monoisotopic (exact) mass is 149 g/mol. The summed E-state index contributed by atoms with van der Waals surface area (Å²) >= 11 is 0. The molecule has 0 bridgehead atoms. The van der Waals surface area contributed by atoms with Crippen LogP contribution in [0.1, 0.15) is 13.8 Å². The van der Waals surface area contributed by atoms with Gasteiger partial charge in [-0.05, 0) is 25.0 Å². The van der Waals surface area contributed by atoms with Gasteiger partial charge in [-0.2, -0.15) is 0 Å². The predicted octanol–water partition coefficient (Wildman–Crippen LogP) is 2.77. The van der Waals surface area contributed by atoms with Gasteiger partial charge < -0.3 is 0 Å². The molecule has 0 aromatic carbocycles. The van der Waals surface area contributed by atoms with E-state index in [-0.39, 0.29) is 0 Å². The van der Waals surface area contributed by atoms with E-state index in [1.165, 1.54) is 0 Å². The molecule has 0 atom stereocenters. The van der Waals surface area contributed by atoms with Gasteiger partial charge in [-0.25, -0.2) is 0 Å². The van der Waals surface area contributed by atoms with Crippen molar-refractivity contribution >= 4 is 6.21 Å². The first kappa shape index (κ1) is 9.89. The molecule has 0 amide bonds. The molecule has 0 aliphatic carbocycles. The summed E-state index contributed by atoms with van der Waals surface area (Å²) in [6.07, 6.45) is 5.53. The Morgan fingerprint density at radius 3 is 2.55 bits per heavy atom. The highest BCUT2D eigenvalue weighted by Gasteiger charge is 1.91. The van der Waals surface area contributed by atoms with Crippen molar-refractivity contribution in [3.63, 3.8) is 0 Å². The molecule has 0 aromatic rings. The molecule has 0 fully saturated rings. The lowest BCUT2D eigenvalue weighted by molar-refractivity contribution is 1.14. The SMILES string of the molecule is C=CC(=C)C(C=NCC)=CC. The molecule has 1 heteroatoms. The van der Waals surface area contributed by atoms with Crippen LogP contribution >= 0.6 is 0 Å². The van der Waals surface area contributed by atoms with Crippen LogP contribution in [0, 0.1) is 0 Å². The topological polar surface area (TPSA) is 12.4 Å². The second-order valence-electron chi connectivity index (χ2n) is 2.10. The zero-order valence-electron chi connectivity index (χ0n) is 7.30. The summed E-state index contributed by atoms with van der Waals surface area (Å²) in [5.74, 6) is 0. The maximum atomic E-state index is 4.11. The van der Waals surface area contributed by atoms with Gasteiger partial charge in [0, 0.05) is 12.8 Å². The Hall–Kier alpha value is -1.11. The molecule has 1 nitrogen and oxygen atoms in total. The normalized spacial score (nSPS) is 12.0. The van der Waals surface area contributed by atoms with E-state index in [0.717, 1.165) is 17.7 Å². The summed E-state index contributed by atoms with van der Waals surface area (Å²) in [5.41, 5.74) is 1.96. The average molecular weight is 149 g/mol. The van der Waals surface area contributed by atoms with Crippen LogP contribution < -0.4 is 0 Å². The molecular weight excluding hydrogens is 134 g/mol. The quantitative estimate of drug-likeness (QED) is 0.430. The smallest absolute Gasteiger partial charge is 0.0361 e. The lowest BCUT2D eigenvalue weighted by Gasteiger charge is -1.97. The molecule has 0 N–H and O–H groups in total. The van der Waals surface area contributed by atoms with Gasteiger partial charge in [0.05, 0.1) is 0 Å². The number of hydrogen-bond donors (Lipinski definition) is 0. The lowest BCUT2D eigenvalue weighted by Crippen LogP contribution is -1.86. The number of allylic oxidation sites excluding steroid dienone is 4. The van der Waals surface area contributed by atoms with Crippen LogP contribution in [0.25, 0.3) is 0 Å². The van der Waals surface area contributed by atoms with E-state index in [9.17, 15) is 0 Å². The minimum atomic E-state index is 0.807. The first-order chi connectivity index (χ1) is 5.26. The summed E-state index contributed by atoms with van der Waals surface area (Å²) in [6.45, 7) is 12.2. The van der Waals surface area contributed by atoms with Crippen molar-refractivity contribution in [2.45, 2.75) is 13.8 Å². The van der Waals surface area contributed by atoms with Crippen molar-refractivity contribution in [2.75, 3.05) is 6.54 Å². The van der Waals surface area contributed by atoms with Gasteiger partial charge in [-0.1, -0.05) is 25.3 Å². The standard InChI is InChI=1S/C10H15N/c1-5-9(4)10(6-2)8-11-7-3/h5-6,8H,1,4,7H2,2-3H3. The second kappa shape index (κ2) is 5.66. The Labute approximate surface area is 68.9 Å². The molecule has 0 saturated heterocycles. The molecule has 0 spiro atoms. The van der Waals surface area contributed by atoms with Crippen LogP contribution in [-0.2, 0) is 0 Å². The third-order valence-corrected chi connectivity index (χ3v) is 1.34. The Morgan fingerprint density at radius 1 is 1.55 bits per heavy atom. The van der Waals surface area contributed by atoms with Crippen molar-refractivity contribution in [1.82, 2.24) is 0 Å². The first-order valence-corrected chi connectivity index (χ1v) is 3.74. The number of hydrogen-bond acceptors (Lipinski definition) is 1. The molecule has 60 valence electrons. The third kappa shape index (κ3) is 3.56. The molecule has 0 rings (SSSR count). The molecule has 0 radical (unpaired) electrons. The van der Waals surface area contributed by atoms with Crippen LogP contribution in [0.4, 0.5) is 0 Å². The predicted molar refractivity (Wildman–Crippen MR) is 52.1 cm³/mol. The molecule has 0 aliphatic rings. The van der Waals surface area contributed by atoms with Crippen molar-refractivity contribution in [1.29, 1.82) is 0 Å². The van der Waals surface area contributed by atoms with Crippen molar-refractivity contribution in [3.05, 3.63) is 36.5 Å². The van der Waals surface area contributed by atoms with Gasteiger partial charge in [0.2, 0.25) is 0 Å². The second-order valence-corrected chi connectivity index (χ2v) is 2.10.